The van der Waals surface area contributed by atoms with E-state index in [1.54, 1.807) is 59.2 Å². The summed E-state index contributed by atoms with van der Waals surface area (Å²) in [7, 11) is -2.85. The number of carbonyl (C=O) groups is 4. The number of nitrogens with zero attached hydrogens (tertiary/aromatic N) is 3. The normalized spacial score (nSPS) is 24.6. The Morgan fingerprint density at radius 2 is 1.79 bits per heavy atom. The van der Waals surface area contributed by atoms with E-state index in [9.17, 15) is 27.6 Å². The highest BCUT2D eigenvalue weighted by Gasteiger charge is 2.62. The second kappa shape index (κ2) is 14.2. The fourth-order valence-electron chi connectivity index (χ4n) is 7.04. The fraction of sp³-hybridized carbons (Fsp3) is 0.676. The van der Waals surface area contributed by atoms with Gasteiger partial charge < -0.3 is 19.1 Å². The number of hydrogen-bond donors (Lipinski definition) is 1. The van der Waals surface area contributed by atoms with Gasteiger partial charge in [-0.1, -0.05) is 34.1 Å². The van der Waals surface area contributed by atoms with E-state index in [1.165, 1.54) is 4.90 Å². The number of esters is 1. The van der Waals surface area contributed by atoms with Gasteiger partial charge in [0.15, 0.2) is 5.78 Å². The number of benzene rings is 1. The van der Waals surface area contributed by atoms with Crippen LogP contribution in [0.2, 0.25) is 0 Å². The number of carbonyl (C=O) groups excluding carboxylic acids is 4. The van der Waals surface area contributed by atoms with E-state index in [0.717, 1.165) is 5.39 Å². The maximum absolute atomic E-state index is 14.5. The Bertz CT molecular complexity index is 1830. The third-order valence-corrected chi connectivity index (χ3v) is 11.4. The summed E-state index contributed by atoms with van der Waals surface area (Å²) in [5.74, 6) is -2.42. The van der Waals surface area contributed by atoms with Crippen LogP contribution in [0.25, 0.3) is 10.8 Å². The maximum Gasteiger partial charge on any atom is 0.362 e. The second-order valence-electron chi connectivity index (χ2n) is 16.8. The lowest BCUT2D eigenvalue weighted by Gasteiger charge is -2.35. The fourth-order valence-corrected chi connectivity index (χ4v) is 8.21. The number of fused-ring (bicyclic) bond motifs is 1. The molecule has 1 N–H and O–H groups in total. The SMILES string of the molecule is CC[C@@H]1C[C@]1(CC(=O)[C@@H]1C[C@@H](Oc2nncc3cc(OC)ccc23)CN1C(=O)[C@@H](CC(=O)OC(C)(C)C)C(C)(C)C)C(=O)NS(=O)(=O)OC1(C)CC1. The number of ether oxygens (including phenoxy) is 3. The van der Waals surface area contributed by atoms with Crippen molar-refractivity contribution in [1.82, 2.24) is 19.8 Å². The second-order valence-corrected chi connectivity index (χ2v) is 18.1. The van der Waals surface area contributed by atoms with E-state index in [2.05, 4.69) is 14.9 Å². The molecule has 52 heavy (non-hydrogen) atoms. The van der Waals surface area contributed by atoms with E-state index < -0.39 is 74.0 Å². The van der Waals surface area contributed by atoms with Crippen molar-refractivity contribution >= 4 is 44.6 Å². The largest absolute Gasteiger partial charge is 0.497 e. The highest BCUT2D eigenvalue weighted by Crippen LogP contribution is 2.58. The Labute approximate surface area is 305 Å². The van der Waals surface area contributed by atoms with Gasteiger partial charge in [-0.2, -0.15) is 13.5 Å². The zero-order valence-electron chi connectivity index (χ0n) is 31.6. The first kappa shape index (κ1) is 39.4. The zero-order valence-corrected chi connectivity index (χ0v) is 32.4. The summed E-state index contributed by atoms with van der Waals surface area (Å²) >= 11 is 0. The van der Waals surface area contributed by atoms with Gasteiger partial charge in [0.25, 0.3) is 0 Å². The molecule has 2 aromatic rings. The molecule has 15 heteroatoms. The van der Waals surface area contributed by atoms with Gasteiger partial charge in [-0.25, -0.2) is 8.91 Å². The third kappa shape index (κ3) is 9.02. The smallest absolute Gasteiger partial charge is 0.362 e. The van der Waals surface area contributed by atoms with Crippen LogP contribution >= 0.6 is 0 Å². The molecule has 14 nitrogen and oxygen atoms in total. The van der Waals surface area contributed by atoms with Gasteiger partial charge in [-0.3, -0.25) is 19.2 Å². The summed E-state index contributed by atoms with van der Waals surface area (Å²) in [5.41, 5.74) is -3.58. The summed E-state index contributed by atoms with van der Waals surface area (Å²) in [5, 5.41) is 9.66. The molecule has 0 spiro atoms. The summed E-state index contributed by atoms with van der Waals surface area (Å²) in [6.07, 6.45) is 2.44. The average molecular weight is 745 g/mol. The van der Waals surface area contributed by atoms with Crippen LogP contribution < -0.4 is 14.2 Å². The molecule has 1 saturated heterocycles. The van der Waals surface area contributed by atoms with Gasteiger partial charge in [0, 0.05) is 23.6 Å². The number of likely N-dealkylation sites (tertiary alicyclic amines) is 1. The quantitative estimate of drug-likeness (QED) is 0.264. The first-order chi connectivity index (χ1) is 24.1. The number of hydrogen-bond acceptors (Lipinski definition) is 12. The molecule has 0 unspecified atom stereocenters. The van der Waals surface area contributed by atoms with Gasteiger partial charge in [0.2, 0.25) is 17.7 Å². The van der Waals surface area contributed by atoms with Gasteiger partial charge in [-0.05, 0) is 76.5 Å². The van der Waals surface area contributed by atoms with Crippen molar-refractivity contribution in [1.29, 1.82) is 0 Å². The number of methoxy groups -OCH3 is 1. The van der Waals surface area contributed by atoms with Crippen molar-refractivity contribution in [3.05, 3.63) is 24.4 Å². The molecule has 1 aromatic carbocycles. The van der Waals surface area contributed by atoms with Gasteiger partial charge >= 0.3 is 16.3 Å². The van der Waals surface area contributed by atoms with Crippen LogP contribution in [0.1, 0.15) is 100 Å². The molecule has 2 amide bonds. The highest BCUT2D eigenvalue weighted by molar-refractivity contribution is 7.85. The van der Waals surface area contributed by atoms with Crippen molar-refractivity contribution < 1.29 is 46.0 Å². The number of aromatic nitrogens is 2. The molecule has 1 aliphatic heterocycles. The lowest BCUT2D eigenvalue weighted by atomic mass is 9.77. The zero-order chi connectivity index (χ0) is 38.4. The topological polar surface area (TPSA) is 180 Å². The monoisotopic (exact) mass is 744 g/mol. The van der Waals surface area contributed by atoms with E-state index in [1.807, 2.05) is 27.7 Å². The van der Waals surface area contributed by atoms with Gasteiger partial charge in [0.05, 0.1) is 49.2 Å². The van der Waals surface area contributed by atoms with E-state index in [-0.39, 0.29) is 37.6 Å². The van der Waals surface area contributed by atoms with Gasteiger partial charge in [-0.15, -0.1) is 5.10 Å². The maximum atomic E-state index is 14.5. The van der Waals surface area contributed by atoms with Crippen LogP contribution in [0.15, 0.2) is 24.4 Å². The molecular weight excluding hydrogens is 692 g/mol. The molecule has 3 aliphatic rings. The molecule has 3 fully saturated rings. The van der Waals surface area contributed by atoms with Crippen LogP contribution in [0.4, 0.5) is 0 Å². The number of nitrogens with one attached hydrogen (secondary N) is 1. The molecule has 0 radical (unpaired) electrons. The predicted molar refractivity (Wildman–Crippen MR) is 190 cm³/mol. The number of rotatable bonds is 14. The lowest BCUT2D eigenvalue weighted by Crippen LogP contribution is -2.49. The lowest BCUT2D eigenvalue weighted by molar-refractivity contribution is -0.161. The Kier molecular flexibility index (Phi) is 10.7. The Morgan fingerprint density at radius 1 is 1.10 bits per heavy atom. The Balaban J connectivity index is 1.43. The van der Waals surface area contributed by atoms with Crippen molar-refractivity contribution in [2.75, 3.05) is 13.7 Å². The van der Waals surface area contributed by atoms with Gasteiger partial charge in [0.1, 0.15) is 17.5 Å². The molecule has 0 bridgehead atoms. The highest BCUT2D eigenvalue weighted by atomic mass is 32.2. The molecular formula is C37H52N4O10S. The van der Waals surface area contributed by atoms with Crippen molar-refractivity contribution in [2.24, 2.45) is 22.7 Å². The van der Waals surface area contributed by atoms with Crippen molar-refractivity contribution in [2.45, 2.75) is 124 Å². The first-order valence-corrected chi connectivity index (χ1v) is 19.3. The summed E-state index contributed by atoms with van der Waals surface area (Å²) < 4.78 is 50.1. The molecule has 2 saturated carbocycles. The van der Waals surface area contributed by atoms with Crippen LogP contribution in [-0.2, 0) is 38.4 Å². The van der Waals surface area contributed by atoms with E-state index in [0.29, 0.717) is 36.8 Å². The average Bonchev–Trinajstić information content (AvgIpc) is 3.90. The molecule has 2 heterocycles. The number of Topliss-reactive ketones (excluding diaryl/α,β-unsaturated/α-hetero) is 1. The molecule has 2 aliphatic carbocycles. The summed E-state index contributed by atoms with van der Waals surface area (Å²) in [6, 6.07) is 4.32. The van der Waals surface area contributed by atoms with Crippen LogP contribution in [-0.4, -0.2) is 84.1 Å². The number of amides is 2. The minimum absolute atomic E-state index is 0.00155. The minimum atomic E-state index is -4.41. The predicted octanol–water partition coefficient (Wildman–Crippen LogP) is 4.69. The Morgan fingerprint density at radius 3 is 2.37 bits per heavy atom. The van der Waals surface area contributed by atoms with Crippen molar-refractivity contribution in [3.8, 4) is 11.6 Å². The number of ketones is 1. The van der Waals surface area contributed by atoms with Crippen LogP contribution in [0.3, 0.4) is 0 Å². The van der Waals surface area contributed by atoms with E-state index in [4.69, 9.17) is 18.4 Å². The molecule has 5 rings (SSSR count). The summed E-state index contributed by atoms with van der Waals surface area (Å²) in [4.78, 5) is 57.1. The van der Waals surface area contributed by atoms with Crippen molar-refractivity contribution in [3.63, 3.8) is 0 Å². The molecule has 286 valence electrons. The third-order valence-electron chi connectivity index (χ3n) is 10.3. The summed E-state index contributed by atoms with van der Waals surface area (Å²) in [6.45, 7) is 14.3. The van der Waals surface area contributed by atoms with E-state index >= 15 is 0 Å². The molecule has 5 atom stereocenters. The first-order valence-electron chi connectivity index (χ1n) is 17.9. The Hall–Kier alpha value is -3.85. The van der Waals surface area contributed by atoms with Crippen LogP contribution in [0, 0.1) is 22.7 Å². The minimum Gasteiger partial charge on any atom is -0.497 e. The van der Waals surface area contributed by atoms with Crippen LogP contribution in [0.5, 0.6) is 11.6 Å². The molecule has 1 aromatic heterocycles. The standard InChI is InChI=1S/C37H52N4O10S/c1-10-23-18-37(23,33(45)40-52(46,47)51-36(8)13-14-36)19-29(42)28-16-25(49-31-26-12-11-24(48-9)15-22(26)20-38-39-31)21-41(28)32(44)27(34(2,3)4)17-30(43)50-35(5,6)7/h11-12,15,20,23,25,27-28H,10,13-14,16-19,21H2,1-9H3,(H,40,45)/t23-,25-,27-,28+,37-/m1/s1.